The van der Waals surface area contributed by atoms with Crippen LogP contribution in [-0.4, -0.2) is 12.2 Å². The highest BCUT2D eigenvalue weighted by atomic mass is 16.5. The molecule has 18 heavy (non-hydrogen) atoms. The summed E-state index contributed by atoms with van der Waals surface area (Å²) in [5, 5.41) is 10.3. The van der Waals surface area contributed by atoms with E-state index >= 15 is 0 Å². The summed E-state index contributed by atoms with van der Waals surface area (Å²) in [5.41, 5.74) is 1.93. The van der Waals surface area contributed by atoms with Crippen LogP contribution >= 0.6 is 0 Å². The van der Waals surface area contributed by atoms with Gasteiger partial charge in [0.2, 0.25) is 0 Å². The van der Waals surface area contributed by atoms with Gasteiger partial charge in [0.25, 0.3) is 0 Å². The highest BCUT2D eigenvalue weighted by molar-refractivity contribution is 5.35. The number of rotatable bonds is 4. The van der Waals surface area contributed by atoms with E-state index in [2.05, 4.69) is 0 Å². The maximum Gasteiger partial charge on any atom is 0.168 e. The second-order valence-corrected chi connectivity index (χ2v) is 4.33. The first-order chi connectivity index (χ1) is 8.70. The molecule has 3 nitrogen and oxygen atoms in total. The number of hydrogen-bond donors (Lipinski definition) is 1. The van der Waals surface area contributed by atoms with Crippen molar-refractivity contribution in [3.8, 4) is 5.75 Å². The number of ether oxygens (including phenoxy) is 1. The normalized spacial score (nSPS) is 12.2. The van der Waals surface area contributed by atoms with E-state index in [1.807, 2.05) is 60.4 Å². The van der Waals surface area contributed by atoms with Crippen molar-refractivity contribution in [2.45, 2.75) is 12.5 Å². The Balaban J connectivity index is 2.16. The summed E-state index contributed by atoms with van der Waals surface area (Å²) < 4.78 is 7.23. The molecule has 3 heteroatoms. The summed E-state index contributed by atoms with van der Waals surface area (Å²) in [5.74, 6) is 0.728. The van der Waals surface area contributed by atoms with Gasteiger partial charge < -0.3 is 9.84 Å². The highest BCUT2D eigenvalue weighted by Gasteiger charge is 2.13. The van der Waals surface area contributed by atoms with E-state index in [0.29, 0.717) is 6.42 Å². The zero-order chi connectivity index (χ0) is 13.0. The number of aliphatic hydroxyl groups excluding tert-OH is 1. The molecule has 94 valence electrons. The van der Waals surface area contributed by atoms with E-state index in [1.54, 1.807) is 7.11 Å². The molecule has 0 saturated heterocycles. The number of nitrogens with zero attached hydrogens (tertiary/aromatic N) is 1. The SMILES string of the molecule is COc1ccccc1[C@@H](O)Cc1cc[n+](C)cc1. The lowest BCUT2D eigenvalue weighted by Crippen LogP contribution is -2.26. The lowest BCUT2D eigenvalue weighted by molar-refractivity contribution is -0.671. The molecule has 1 atom stereocenters. The summed E-state index contributed by atoms with van der Waals surface area (Å²) in [7, 11) is 3.59. The Morgan fingerprint density at radius 3 is 2.50 bits per heavy atom. The van der Waals surface area contributed by atoms with Crippen LogP contribution in [-0.2, 0) is 13.5 Å². The van der Waals surface area contributed by atoms with Crippen molar-refractivity contribution < 1.29 is 14.4 Å². The van der Waals surface area contributed by atoms with Crippen LogP contribution < -0.4 is 9.30 Å². The third-order valence-corrected chi connectivity index (χ3v) is 2.97. The third kappa shape index (κ3) is 2.87. The van der Waals surface area contributed by atoms with E-state index in [1.165, 1.54) is 0 Å². The Bertz CT molecular complexity index is 508. The lowest BCUT2D eigenvalue weighted by Gasteiger charge is -2.14. The van der Waals surface area contributed by atoms with Crippen LogP contribution in [0.5, 0.6) is 5.75 Å². The Morgan fingerprint density at radius 1 is 1.17 bits per heavy atom. The van der Waals surface area contributed by atoms with Crippen molar-refractivity contribution in [1.82, 2.24) is 0 Å². The standard InChI is InChI=1S/C15H18NO2/c1-16-9-7-12(8-10-16)11-14(17)13-5-3-4-6-15(13)18-2/h3-10,14,17H,11H2,1-2H3/q+1/t14-/m0/s1. The topological polar surface area (TPSA) is 33.3 Å². The van der Waals surface area contributed by atoms with E-state index in [4.69, 9.17) is 4.74 Å². The zero-order valence-electron chi connectivity index (χ0n) is 10.7. The average molecular weight is 244 g/mol. The van der Waals surface area contributed by atoms with Crippen LogP contribution in [0.15, 0.2) is 48.8 Å². The summed E-state index contributed by atoms with van der Waals surface area (Å²) in [6.07, 6.45) is 3.99. The number of methoxy groups -OCH3 is 1. The highest BCUT2D eigenvalue weighted by Crippen LogP contribution is 2.26. The molecule has 1 N–H and O–H groups in total. The van der Waals surface area contributed by atoms with Crippen LogP contribution in [0, 0.1) is 0 Å². The van der Waals surface area contributed by atoms with Gasteiger partial charge in [-0.05, 0) is 11.6 Å². The first-order valence-corrected chi connectivity index (χ1v) is 5.96. The van der Waals surface area contributed by atoms with Crippen molar-refractivity contribution in [2.24, 2.45) is 7.05 Å². The van der Waals surface area contributed by atoms with E-state index in [9.17, 15) is 5.11 Å². The zero-order valence-corrected chi connectivity index (χ0v) is 10.7. The maximum absolute atomic E-state index is 10.3. The number of para-hydroxylation sites is 1. The molecule has 0 radical (unpaired) electrons. The maximum atomic E-state index is 10.3. The van der Waals surface area contributed by atoms with Gasteiger partial charge in [-0.25, -0.2) is 4.57 Å². The van der Waals surface area contributed by atoms with Gasteiger partial charge >= 0.3 is 0 Å². The summed E-state index contributed by atoms with van der Waals surface area (Å²) in [6, 6.07) is 11.6. The molecule has 0 aliphatic heterocycles. The van der Waals surface area contributed by atoms with E-state index < -0.39 is 6.10 Å². The molecule has 1 aromatic heterocycles. The minimum atomic E-state index is -0.547. The number of hydrogen-bond acceptors (Lipinski definition) is 2. The molecule has 0 amide bonds. The Morgan fingerprint density at radius 2 is 1.83 bits per heavy atom. The molecule has 0 unspecified atom stereocenters. The number of pyridine rings is 1. The number of aryl methyl sites for hydroxylation is 1. The molecule has 0 saturated carbocycles. The molecule has 0 fully saturated rings. The summed E-state index contributed by atoms with van der Waals surface area (Å²) in [4.78, 5) is 0. The van der Waals surface area contributed by atoms with Crippen molar-refractivity contribution in [3.05, 3.63) is 59.9 Å². The van der Waals surface area contributed by atoms with Crippen molar-refractivity contribution in [3.63, 3.8) is 0 Å². The molecule has 0 bridgehead atoms. The number of aromatic nitrogens is 1. The molecule has 0 aliphatic rings. The second kappa shape index (κ2) is 5.65. The van der Waals surface area contributed by atoms with Crippen LogP contribution in [0.4, 0.5) is 0 Å². The molecule has 0 spiro atoms. The van der Waals surface area contributed by atoms with Gasteiger partial charge in [0.1, 0.15) is 12.8 Å². The molecule has 2 aromatic rings. The predicted molar refractivity (Wildman–Crippen MR) is 69.3 cm³/mol. The first kappa shape index (κ1) is 12.6. The first-order valence-electron chi connectivity index (χ1n) is 5.96. The largest absolute Gasteiger partial charge is 0.496 e. The van der Waals surface area contributed by atoms with Gasteiger partial charge in [-0.3, -0.25) is 0 Å². The lowest BCUT2D eigenvalue weighted by atomic mass is 10.0. The molecule has 1 aromatic carbocycles. The molecule has 2 rings (SSSR count). The van der Waals surface area contributed by atoms with Gasteiger partial charge in [-0.15, -0.1) is 0 Å². The Kier molecular flexibility index (Phi) is 3.95. The van der Waals surface area contributed by atoms with Gasteiger partial charge in [-0.2, -0.15) is 0 Å². The van der Waals surface area contributed by atoms with Crippen molar-refractivity contribution in [2.75, 3.05) is 7.11 Å². The fourth-order valence-corrected chi connectivity index (χ4v) is 1.94. The van der Waals surface area contributed by atoms with Crippen LogP contribution in [0.1, 0.15) is 17.2 Å². The number of aliphatic hydroxyl groups is 1. The van der Waals surface area contributed by atoms with Crippen LogP contribution in [0.2, 0.25) is 0 Å². The van der Waals surface area contributed by atoms with Gasteiger partial charge in [0, 0.05) is 24.1 Å². The minimum absolute atomic E-state index is 0.547. The second-order valence-electron chi connectivity index (χ2n) is 4.33. The van der Waals surface area contributed by atoms with Gasteiger partial charge in [0.15, 0.2) is 12.4 Å². The predicted octanol–water partition coefficient (Wildman–Crippen LogP) is 1.80. The Labute approximate surface area is 107 Å². The van der Waals surface area contributed by atoms with Crippen LogP contribution in [0.25, 0.3) is 0 Å². The molecule has 0 aliphatic carbocycles. The van der Waals surface area contributed by atoms with Crippen LogP contribution in [0.3, 0.4) is 0 Å². The van der Waals surface area contributed by atoms with Gasteiger partial charge in [0.05, 0.1) is 13.2 Å². The number of benzene rings is 1. The fraction of sp³-hybridized carbons (Fsp3) is 0.267. The molecule has 1 heterocycles. The van der Waals surface area contributed by atoms with E-state index in [-0.39, 0.29) is 0 Å². The van der Waals surface area contributed by atoms with E-state index in [0.717, 1.165) is 16.9 Å². The van der Waals surface area contributed by atoms with Crippen molar-refractivity contribution in [1.29, 1.82) is 0 Å². The minimum Gasteiger partial charge on any atom is -0.496 e. The van der Waals surface area contributed by atoms with Gasteiger partial charge in [-0.1, -0.05) is 18.2 Å². The van der Waals surface area contributed by atoms with Crippen molar-refractivity contribution >= 4 is 0 Å². The summed E-state index contributed by atoms with van der Waals surface area (Å²) >= 11 is 0. The third-order valence-electron chi connectivity index (χ3n) is 2.97. The average Bonchev–Trinajstić information content (AvgIpc) is 2.41. The fourth-order valence-electron chi connectivity index (χ4n) is 1.94. The quantitative estimate of drug-likeness (QED) is 0.832. The smallest absolute Gasteiger partial charge is 0.168 e. The Hall–Kier alpha value is -1.87. The molecular weight excluding hydrogens is 226 g/mol. The molecular formula is C15H18NO2+. The summed E-state index contributed by atoms with van der Waals surface area (Å²) in [6.45, 7) is 0. The monoisotopic (exact) mass is 244 g/mol.